The molecule has 6 heteroatoms. The molecule has 20 heavy (non-hydrogen) atoms. The van der Waals surface area contributed by atoms with Crippen LogP contribution in [0.4, 0.5) is 5.69 Å². The van der Waals surface area contributed by atoms with E-state index in [9.17, 15) is 9.90 Å². The van der Waals surface area contributed by atoms with Gasteiger partial charge in [-0.15, -0.1) is 0 Å². The highest BCUT2D eigenvalue weighted by molar-refractivity contribution is 5.95. The first-order valence-electron chi connectivity index (χ1n) is 6.33. The van der Waals surface area contributed by atoms with Gasteiger partial charge in [0.2, 0.25) is 0 Å². The summed E-state index contributed by atoms with van der Waals surface area (Å²) in [7, 11) is 1.88. The second kappa shape index (κ2) is 5.32. The average molecular weight is 274 g/mol. The molecule has 0 aliphatic heterocycles. The van der Waals surface area contributed by atoms with Crippen molar-refractivity contribution in [1.82, 2.24) is 14.8 Å². The van der Waals surface area contributed by atoms with Crippen molar-refractivity contribution >= 4 is 11.7 Å². The predicted molar refractivity (Wildman–Crippen MR) is 75.9 cm³/mol. The molecule has 2 rings (SSSR count). The van der Waals surface area contributed by atoms with Gasteiger partial charge in [-0.05, 0) is 26.8 Å². The third-order valence-electron chi connectivity index (χ3n) is 3.35. The number of hydrogen-bond donors (Lipinski definition) is 2. The van der Waals surface area contributed by atoms with Crippen LogP contribution in [0.2, 0.25) is 0 Å². The van der Waals surface area contributed by atoms with Crippen molar-refractivity contribution in [2.24, 2.45) is 7.05 Å². The number of aryl methyl sites for hydroxylation is 3. The maximum absolute atomic E-state index is 11.3. The van der Waals surface area contributed by atoms with E-state index in [-0.39, 0.29) is 5.56 Å². The minimum Gasteiger partial charge on any atom is -0.478 e. The van der Waals surface area contributed by atoms with Crippen molar-refractivity contribution in [2.75, 3.05) is 5.32 Å². The average Bonchev–Trinajstić information content (AvgIpc) is 2.66. The number of aromatic nitrogens is 3. The van der Waals surface area contributed by atoms with Crippen LogP contribution < -0.4 is 5.32 Å². The van der Waals surface area contributed by atoms with E-state index < -0.39 is 5.97 Å². The van der Waals surface area contributed by atoms with Gasteiger partial charge in [-0.3, -0.25) is 9.67 Å². The molecule has 106 valence electrons. The highest BCUT2D eigenvalue weighted by Crippen LogP contribution is 2.21. The van der Waals surface area contributed by atoms with Crippen molar-refractivity contribution in [3.63, 3.8) is 0 Å². The maximum atomic E-state index is 11.3. The van der Waals surface area contributed by atoms with Gasteiger partial charge in [0.1, 0.15) is 5.56 Å². The van der Waals surface area contributed by atoms with E-state index in [1.54, 1.807) is 23.9 Å². The summed E-state index contributed by atoms with van der Waals surface area (Å²) in [5.74, 6) is -0.972. The van der Waals surface area contributed by atoms with E-state index in [2.05, 4.69) is 15.4 Å². The van der Waals surface area contributed by atoms with E-state index >= 15 is 0 Å². The van der Waals surface area contributed by atoms with Crippen LogP contribution in [0.1, 0.15) is 33.0 Å². The number of rotatable bonds is 4. The zero-order valence-electron chi connectivity index (χ0n) is 12.1. The van der Waals surface area contributed by atoms with Gasteiger partial charge in [0.05, 0.1) is 17.6 Å². The Bertz CT molecular complexity index is 661. The lowest BCUT2D eigenvalue weighted by Crippen LogP contribution is -2.10. The Morgan fingerprint density at radius 3 is 2.65 bits per heavy atom. The van der Waals surface area contributed by atoms with Crippen LogP contribution in [-0.4, -0.2) is 25.8 Å². The number of hydrogen-bond acceptors (Lipinski definition) is 4. The standard InChI is InChI=1S/C14H18N4O2/c1-8-5-12(13(14(19)20)9(2)17-8)15-6-11-7-16-18(4)10(11)3/h5,7H,6H2,1-4H3,(H,15,17)(H,19,20). The van der Waals surface area contributed by atoms with Crippen LogP contribution in [0.3, 0.4) is 0 Å². The van der Waals surface area contributed by atoms with Crippen LogP contribution in [0, 0.1) is 20.8 Å². The van der Waals surface area contributed by atoms with Gasteiger partial charge in [0.25, 0.3) is 0 Å². The van der Waals surface area contributed by atoms with Gasteiger partial charge in [-0.25, -0.2) is 4.79 Å². The SMILES string of the molecule is Cc1cc(NCc2cnn(C)c2C)c(C(=O)O)c(C)n1. The molecule has 0 radical (unpaired) electrons. The smallest absolute Gasteiger partial charge is 0.339 e. The fourth-order valence-electron chi connectivity index (χ4n) is 2.15. The summed E-state index contributed by atoms with van der Waals surface area (Å²) in [5.41, 5.74) is 4.21. The Balaban J connectivity index is 2.29. The molecule has 0 saturated carbocycles. The number of pyridine rings is 1. The molecule has 6 nitrogen and oxygen atoms in total. The summed E-state index contributed by atoms with van der Waals surface area (Å²) in [4.78, 5) is 15.5. The number of anilines is 1. The molecule has 2 aromatic rings. The van der Waals surface area contributed by atoms with Gasteiger partial charge >= 0.3 is 5.97 Å². The molecular weight excluding hydrogens is 256 g/mol. The fourth-order valence-corrected chi connectivity index (χ4v) is 2.15. The molecule has 0 aromatic carbocycles. The van der Waals surface area contributed by atoms with Crippen molar-refractivity contribution in [2.45, 2.75) is 27.3 Å². The number of nitrogens with zero attached hydrogens (tertiary/aromatic N) is 3. The lowest BCUT2D eigenvalue weighted by Gasteiger charge is -2.12. The highest BCUT2D eigenvalue weighted by Gasteiger charge is 2.15. The molecule has 0 fully saturated rings. The highest BCUT2D eigenvalue weighted by atomic mass is 16.4. The van der Waals surface area contributed by atoms with Gasteiger partial charge < -0.3 is 10.4 Å². The van der Waals surface area contributed by atoms with Gasteiger partial charge in [-0.2, -0.15) is 5.10 Å². The summed E-state index contributed by atoms with van der Waals surface area (Å²) in [5, 5.41) is 16.6. The molecule has 0 atom stereocenters. The predicted octanol–water partition coefficient (Wildman–Crippen LogP) is 2.05. The molecule has 0 aliphatic carbocycles. The van der Waals surface area contributed by atoms with E-state index in [1.807, 2.05) is 20.9 Å². The van der Waals surface area contributed by atoms with Gasteiger partial charge in [0.15, 0.2) is 0 Å². The lowest BCUT2D eigenvalue weighted by molar-refractivity contribution is 0.0696. The van der Waals surface area contributed by atoms with E-state index in [0.717, 1.165) is 17.0 Å². The lowest BCUT2D eigenvalue weighted by atomic mass is 10.1. The Kier molecular flexibility index (Phi) is 3.74. The number of carboxylic acid groups (broad SMARTS) is 1. The summed E-state index contributed by atoms with van der Waals surface area (Å²) < 4.78 is 1.79. The first-order valence-corrected chi connectivity index (χ1v) is 6.33. The number of aromatic carboxylic acids is 1. The summed E-state index contributed by atoms with van der Waals surface area (Å²) in [6, 6.07) is 1.75. The molecule has 2 N–H and O–H groups in total. The quantitative estimate of drug-likeness (QED) is 0.892. The van der Waals surface area contributed by atoms with Crippen molar-refractivity contribution in [1.29, 1.82) is 0 Å². The van der Waals surface area contributed by atoms with E-state index in [0.29, 0.717) is 17.9 Å². The molecule has 0 amide bonds. The first kappa shape index (κ1) is 14.0. The Hall–Kier alpha value is -2.37. The molecule has 0 saturated heterocycles. The summed E-state index contributed by atoms with van der Waals surface area (Å²) >= 11 is 0. The molecule has 2 aromatic heterocycles. The largest absolute Gasteiger partial charge is 0.478 e. The maximum Gasteiger partial charge on any atom is 0.339 e. The third kappa shape index (κ3) is 2.64. The fraction of sp³-hybridized carbons (Fsp3) is 0.357. The molecule has 2 heterocycles. The van der Waals surface area contributed by atoms with Crippen LogP contribution in [0.25, 0.3) is 0 Å². The summed E-state index contributed by atoms with van der Waals surface area (Å²) in [6.07, 6.45) is 1.78. The minimum atomic E-state index is -0.972. The zero-order valence-corrected chi connectivity index (χ0v) is 12.1. The Labute approximate surface area is 117 Å². The first-order chi connectivity index (χ1) is 9.40. The van der Waals surface area contributed by atoms with Gasteiger partial charge in [-0.1, -0.05) is 0 Å². The van der Waals surface area contributed by atoms with Crippen molar-refractivity contribution in [3.8, 4) is 0 Å². The molecule has 0 unspecified atom stereocenters. The van der Waals surface area contributed by atoms with E-state index in [1.165, 1.54) is 0 Å². The van der Waals surface area contributed by atoms with Crippen LogP contribution in [0.15, 0.2) is 12.3 Å². The van der Waals surface area contributed by atoms with Crippen LogP contribution >= 0.6 is 0 Å². The summed E-state index contributed by atoms with van der Waals surface area (Å²) in [6.45, 7) is 6.06. The van der Waals surface area contributed by atoms with Crippen molar-refractivity contribution in [3.05, 3.63) is 40.5 Å². The topological polar surface area (TPSA) is 80.0 Å². The molecular formula is C14H18N4O2. The van der Waals surface area contributed by atoms with Crippen LogP contribution in [-0.2, 0) is 13.6 Å². The Morgan fingerprint density at radius 2 is 2.10 bits per heavy atom. The molecule has 0 spiro atoms. The molecule has 0 aliphatic rings. The normalized spacial score (nSPS) is 10.6. The minimum absolute atomic E-state index is 0.220. The number of carboxylic acids is 1. The zero-order chi connectivity index (χ0) is 14.9. The van der Waals surface area contributed by atoms with Crippen molar-refractivity contribution < 1.29 is 9.90 Å². The van der Waals surface area contributed by atoms with Crippen LogP contribution in [0.5, 0.6) is 0 Å². The third-order valence-corrected chi connectivity index (χ3v) is 3.35. The van der Waals surface area contributed by atoms with E-state index in [4.69, 9.17) is 0 Å². The number of nitrogens with one attached hydrogen (secondary N) is 1. The molecule has 0 bridgehead atoms. The van der Waals surface area contributed by atoms with Gasteiger partial charge in [0, 0.05) is 30.5 Å². The number of carbonyl (C=O) groups is 1. The second-order valence-electron chi connectivity index (χ2n) is 4.81. The second-order valence-corrected chi connectivity index (χ2v) is 4.81. The monoisotopic (exact) mass is 274 g/mol. The Morgan fingerprint density at radius 1 is 1.40 bits per heavy atom.